The monoisotopic (exact) mass is 272 g/mol. The van der Waals surface area contributed by atoms with Crippen LogP contribution in [-0.2, 0) is 4.79 Å². The van der Waals surface area contributed by atoms with Crippen LogP contribution in [0.5, 0.6) is 5.75 Å². The average Bonchev–Trinajstić information content (AvgIpc) is 2.49. The normalized spacial score (nSPS) is 10.4. The van der Waals surface area contributed by atoms with E-state index >= 15 is 0 Å². The van der Waals surface area contributed by atoms with Gasteiger partial charge in [-0.05, 0) is 30.8 Å². The number of ether oxygens (including phenoxy) is 1. The van der Waals surface area contributed by atoms with Gasteiger partial charge < -0.3 is 15.8 Å². The smallest absolute Gasteiger partial charge is 0.257 e. The molecule has 0 atom stereocenters. The minimum absolute atomic E-state index is 0.0383. The number of unbranched alkanes of at least 4 members (excludes halogenated alkanes) is 1. The summed E-state index contributed by atoms with van der Waals surface area (Å²) in [5.74, 6) is 0.634. The predicted octanol–water partition coefficient (Wildman–Crippen LogP) is 2.07. The highest BCUT2D eigenvalue weighted by Crippen LogP contribution is 2.24. The van der Waals surface area contributed by atoms with Gasteiger partial charge in [-0.2, -0.15) is 0 Å². The van der Waals surface area contributed by atoms with Crippen LogP contribution in [0.4, 0.5) is 0 Å². The third kappa shape index (κ3) is 3.96. The van der Waals surface area contributed by atoms with E-state index in [0.717, 1.165) is 29.4 Å². The first-order valence-electron chi connectivity index (χ1n) is 6.88. The minimum atomic E-state index is -0.102. The average molecular weight is 272 g/mol. The largest absolute Gasteiger partial charge is 0.483 e. The Kier molecular flexibility index (Phi) is 5.38. The molecule has 2 rings (SSSR count). The second kappa shape index (κ2) is 7.50. The second-order valence-corrected chi connectivity index (χ2v) is 4.61. The molecule has 0 aliphatic rings. The zero-order valence-electron chi connectivity index (χ0n) is 11.5. The lowest BCUT2D eigenvalue weighted by molar-refractivity contribution is -0.123. The van der Waals surface area contributed by atoms with Gasteiger partial charge in [0.1, 0.15) is 5.75 Å². The molecule has 20 heavy (non-hydrogen) atoms. The third-order valence-corrected chi connectivity index (χ3v) is 3.06. The molecule has 3 N–H and O–H groups in total. The summed E-state index contributed by atoms with van der Waals surface area (Å²) in [7, 11) is 0. The Bertz CT molecular complexity index is 564. The van der Waals surface area contributed by atoms with E-state index in [1.807, 2.05) is 42.5 Å². The maximum atomic E-state index is 11.6. The van der Waals surface area contributed by atoms with Gasteiger partial charge in [0.05, 0.1) is 0 Å². The van der Waals surface area contributed by atoms with Crippen molar-refractivity contribution in [3.05, 3.63) is 42.5 Å². The Morgan fingerprint density at radius 1 is 1.10 bits per heavy atom. The van der Waals surface area contributed by atoms with Gasteiger partial charge in [0.2, 0.25) is 0 Å². The first-order valence-corrected chi connectivity index (χ1v) is 6.88. The van der Waals surface area contributed by atoms with E-state index in [0.29, 0.717) is 13.1 Å². The first kappa shape index (κ1) is 14.3. The molecular formula is C16H20N2O2. The maximum absolute atomic E-state index is 11.6. The van der Waals surface area contributed by atoms with Crippen LogP contribution in [0.3, 0.4) is 0 Å². The quantitative estimate of drug-likeness (QED) is 0.758. The van der Waals surface area contributed by atoms with Gasteiger partial charge in [-0.1, -0.05) is 36.4 Å². The van der Waals surface area contributed by atoms with Gasteiger partial charge in [0, 0.05) is 11.9 Å². The van der Waals surface area contributed by atoms with Crippen LogP contribution < -0.4 is 15.8 Å². The van der Waals surface area contributed by atoms with E-state index in [2.05, 4.69) is 5.32 Å². The van der Waals surface area contributed by atoms with Gasteiger partial charge in [-0.3, -0.25) is 4.79 Å². The highest BCUT2D eigenvalue weighted by Gasteiger charge is 2.05. The van der Waals surface area contributed by atoms with Crippen LogP contribution in [0.2, 0.25) is 0 Å². The van der Waals surface area contributed by atoms with E-state index in [1.165, 1.54) is 0 Å². The van der Waals surface area contributed by atoms with Crippen molar-refractivity contribution >= 4 is 16.7 Å². The fourth-order valence-electron chi connectivity index (χ4n) is 2.01. The lowest BCUT2D eigenvalue weighted by Crippen LogP contribution is -2.29. The summed E-state index contributed by atoms with van der Waals surface area (Å²) in [5.41, 5.74) is 5.40. The lowest BCUT2D eigenvalue weighted by atomic mass is 10.1. The summed E-state index contributed by atoms with van der Waals surface area (Å²) in [6.07, 6.45) is 1.82. The standard InChI is InChI=1S/C16H20N2O2/c17-10-3-4-11-18-16(19)12-20-15-9-5-7-13-6-1-2-8-14(13)15/h1-2,5-9H,3-4,10-12,17H2,(H,18,19). The molecule has 0 saturated carbocycles. The summed E-state index contributed by atoms with van der Waals surface area (Å²) in [4.78, 5) is 11.6. The molecule has 0 aliphatic carbocycles. The molecule has 0 spiro atoms. The zero-order valence-corrected chi connectivity index (χ0v) is 11.5. The number of nitrogens with two attached hydrogens (primary N) is 1. The molecule has 0 fully saturated rings. The van der Waals surface area contributed by atoms with Crippen LogP contribution in [-0.4, -0.2) is 25.6 Å². The summed E-state index contributed by atoms with van der Waals surface area (Å²) >= 11 is 0. The van der Waals surface area contributed by atoms with Crippen molar-refractivity contribution in [1.29, 1.82) is 0 Å². The van der Waals surface area contributed by atoms with Gasteiger partial charge in [-0.15, -0.1) is 0 Å². The Morgan fingerprint density at radius 2 is 1.90 bits per heavy atom. The summed E-state index contributed by atoms with van der Waals surface area (Å²) in [6.45, 7) is 1.34. The number of carbonyl (C=O) groups excluding carboxylic acids is 1. The molecule has 0 saturated heterocycles. The van der Waals surface area contributed by atoms with Crippen molar-refractivity contribution in [2.75, 3.05) is 19.7 Å². The number of nitrogens with one attached hydrogen (secondary N) is 1. The van der Waals surface area contributed by atoms with Crippen LogP contribution in [0.25, 0.3) is 10.8 Å². The van der Waals surface area contributed by atoms with E-state index in [9.17, 15) is 4.79 Å². The number of amides is 1. The number of hydrogen-bond acceptors (Lipinski definition) is 3. The molecule has 4 heteroatoms. The molecular weight excluding hydrogens is 252 g/mol. The van der Waals surface area contributed by atoms with Gasteiger partial charge >= 0.3 is 0 Å². The number of benzene rings is 2. The fraction of sp³-hybridized carbons (Fsp3) is 0.312. The summed E-state index contributed by atoms with van der Waals surface area (Å²) in [6, 6.07) is 13.8. The number of rotatable bonds is 7. The molecule has 2 aromatic carbocycles. The van der Waals surface area contributed by atoms with Crippen molar-refractivity contribution in [3.63, 3.8) is 0 Å². The molecule has 0 radical (unpaired) electrons. The van der Waals surface area contributed by atoms with E-state index < -0.39 is 0 Å². The van der Waals surface area contributed by atoms with Crippen LogP contribution in [0.15, 0.2) is 42.5 Å². The summed E-state index contributed by atoms with van der Waals surface area (Å²) < 4.78 is 5.60. The molecule has 0 aromatic heterocycles. The van der Waals surface area contributed by atoms with E-state index in [1.54, 1.807) is 0 Å². The predicted molar refractivity (Wildman–Crippen MR) is 80.7 cm³/mol. The Hall–Kier alpha value is -2.07. The van der Waals surface area contributed by atoms with E-state index in [-0.39, 0.29) is 12.5 Å². The highest BCUT2D eigenvalue weighted by molar-refractivity contribution is 5.88. The Labute approximate surface area is 118 Å². The van der Waals surface area contributed by atoms with Crippen LogP contribution >= 0.6 is 0 Å². The molecule has 4 nitrogen and oxygen atoms in total. The molecule has 2 aromatic rings. The molecule has 0 unspecified atom stereocenters. The second-order valence-electron chi connectivity index (χ2n) is 4.61. The van der Waals surface area contributed by atoms with Crippen molar-refractivity contribution in [3.8, 4) is 5.75 Å². The molecule has 0 aliphatic heterocycles. The summed E-state index contributed by atoms with van der Waals surface area (Å²) in [5, 5.41) is 4.94. The van der Waals surface area contributed by atoms with Crippen LogP contribution in [0, 0.1) is 0 Å². The van der Waals surface area contributed by atoms with Crippen molar-refractivity contribution in [2.45, 2.75) is 12.8 Å². The first-order chi connectivity index (χ1) is 9.81. The number of hydrogen-bond donors (Lipinski definition) is 2. The third-order valence-electron chi connectivity index (χ3n) is 3.06. The van der Waals surface area contributed by atoms with E-state index in [4.69, 9.17) is 10.5 Å². The molecule has 0 bridgehead atoms. The molecule has 106 valence electrons. The maximum Gasteiger partial charge on any atom is 0.257 e. The SMILES string of the molecule is NCCCCNC(=O)COc1cccc2ccccc12. The van der Waals surface area contributed by atoms with Crippen molar-refractivity contribution in [1.82, 2.24) is 5.32 Å². The molecule has 0 heterocycles. The number of carbonyl (C=O) groups is 1. The van der Waals surface area contributed by atoms with Crippen molar-refractivity contribution < 1.29 is 9.53 Å². The van der Waals surface area contributed by atoms with Crippen molar-refractivity contribution in [2.24, 2.45) is 5.73 Å². The lowest BCUT2D eigenvalue weighted by Gasteiger charge is -2.09. The fourth-order valence-corrected chi connectivity index (χ4v) is 2.01. The molecule has 1 amide bonds. The number of fused-ring (bicyclic) bond motifs is 1. The minimum Gasteiger partial charge on any atom is -0.483 e. The topological polar surface area (TPSA) is 64.3 Å². The van der Waals surface area contributed by atoms with Gasteiger partial charge in [-0.25, -0.2) is 0 Å². The van der Waals surface area contributed by atoms with Gasteiger partial charge in [0.25, 0.3) is 5.91 Å². The zero-order chi connectivity index (χ0) is 14.2. The van der Waals surface area contributed by atoms with Crippen LogP contribution in [0.1, 0.15) is 12.8 Å². The Morgan fingerprint density at radius 3 is 2.75 bits per heavy atom. The van der Waals surface area contributed by atoms with Gasteiger partial charge in [0.15, 0.2) is 6.61 Å². The Balaban J connectivity index is 1.88. The highest BCUT2D eigenvalue weighted by atomic mass is 16.5.